The number of amides is 2. The van der Waals surface area contributed by atoms with Crippen molar-refractivity contribution in [3.63, 3.8) is 0 Å². The van der Waals surface area contributed by atoms with Crippen LogP contribution in [0.25, 0.3) is 0 Å². The van der Waals surface area contributed by atoms with Gasteiger partial charge in [0.15, 0.2) is 0 Å². The summed E-state index contributed by atoms with van der Waals surface area (Å²) in [6.07, 6.45) is 1.44. The minimum atomic E-state index is -0.853. The van der Waals surface area contributed by atoms with E-state index < -0.39 is 11.8 Å². The molecule has 5 rings (SSSR count). The fourth-order valence-electron chi connectivity index (χ4n) is 6.52. The van der Waals surface area contributed by atoms with Gasteiger partial charge in [0.1, 0.15) is 17.6 Å². The van der Waals surface area contributed by atoms with Crippen molar-refractivity contribution in [3.05, 3.63) is 59.2 Å². The number of hydrogen-bond donors (Lipinski definition) is 0. The van der Waals surface area contributed by atoms with E-state index in [0.717, 1.165) is 16.9 Å². The molecule has 0 aliphatic carbocycles. The van der Waals surface area contributed by atoms with E-state index in [-0.39, 0.29) is 41.9 Å². The molecule has 2 saturated heterocycles. The lowest BCUT2D eigenvalue weighted by atomic mass is 9.91. The number of halogens is 2. The largest absolute Gasteiger partial charge is 0.444 e. The molecule has 2 aromatic rings. The van der Waals surface area contributed by atoms with Crippen LogP contribution in [0.1, 0.15) is 64.8 Å². The fraction of sp³-hybridized carbons (Fsp3) is 0.606. The van der Waals surface area contributed by atoms with Crippen molar-refractivity contribution in [1.82, 2.24) is 19.7 Å². The number of benzene rings is 1. The molecule has 234 valence electrons. The highest BCUT2D eigenvalue weighted by molar-refractivity contribution is 5.97. The van der Waals surface area contributed by atoms with Gasteiger partial charge < -0.3 is 14.5 Å². The Morgan fingerprint density at radius 1 is 1.14 bits per heavy atom. The summed E-state index contributed by atoms with van der Waals surface area (Å²) in [6, 6.07) is 8.34. The van der Waals surface area contributed by atoms with E-state index >= 15 is 0 Å². The maximum atomic E-state index is 14.4. The number of carbonyl (C=O) groups is 2. The molecule has 0 N–H and O–H groups in total. The number of likely N-dealkylation sites (tertiary alicyclic amines) is 1. The molecule has 1 aromatic heterocycles. The second-order valence-electron chi connectivity index (χ2n) is 14.1. The molecule has 0 spiro atoms. The van der Waals surface area contributed by atoms with Crippen LogP contribution in [0, 0.1) is 5.82 Å². The standard InChI is InChI=1S/C33H45F2N5O3/c1-22-16-38(26(18-37-12-11-25(34)17-37)19-39(22)31(42)43-32(2,3)4)20-29(41)40-21-33(5,6)30-28(40)14-23(15-36-30)13-24-9-7-8-10-27(24)35/h7-10,14-15,22,25-26H,11-13,16-21H2,1-6H3/t22-,25-,26+/m1/s1. The van der Waals surface area contributed by atoms with Crippen LogP contribution in [0.2, 0.25) is 0 Å². The molecule has 1 aromatic carbocycles. The third-order valence-electron chi connectivity index (χ3n) is 8.67. The van der Waals surface area contributed by atoms with Crippen LogP contribution in [0.4, 0.5) is 19.3 Å². The number of pyridine rings is 1. The molecule has 3 aliphatic heterocycles. The van der Waals surface area contributed by atoms with Gasteiger partial charge in [-0.05, 0) is 57.4 Å². The molecule has 2 amide bonds. The Hall–Kier alpha value is -3.11. The SMILES string of the molecule is C[C@@H]1CN(CC(=O)N2CC(C)(C)c3ncc(Cc4ccccc4F)cc32)[C@@H](CN2CC[C@@H](F)C2)CN1C(=O)OC(C)(C)C. The van der Waals surface area contributed by atoms with E-state index in [1.54, 1.807) is 23.2 Å². The minimum absolute atomic E-state index is 0.0515. The first-order valence-electron chi connectivity index (χ1n) is 15.3. The zero-order valence-electron chi connectivity index (χ0n) is 26.3. The summed E-state index contributed by atoms with van der Waals surface area (Å²) >= 11 is 0. The van der Waals surface area contributed by atoms with Crippen molar-refractivity contribution in [2.75, 3.05) is 50.7 Å². The number of carbonyl (C=O) groups excluding carboxylic acids is 2. The highest BCUT2D eigenvalue weighted by Gasteiger charge is 2.43. The normalized spacial score (nSPS) is 24.3. The minimum Gasteiger partial charge on any atom is -0.444 e. The van der Waals surface area contributed by atoms with Gasteiger partial charge in [0.25, 0.3) is 0 Å². The maximum absolute atomic E-state index is 14.4. The first-order valence-corrected chi connectivity index (χ1v) is 15.3. The molecule has 3 atom stereocenters. The number of rotatable bonds is 6. The number of anilines is 1. The van der Waals surface area contributed by atoms with Gasteiger partial charge in [-0.1, -0.05) is 32.0 Å². The summed E-state index contributed by atoms with van der Waals surface area (Å²) in [6.45, 7) is 14.8. The van der Waals surface area contributed by atoms with Gasteiger partial charge in [0, 0.05) is 69.4 Å². The third kappa shape index (κ3) is 7.17. The van der Waals surface area contributed by atoms with Crippen molar-refractivity contribution in [2.45, 2.75) is 83.7 Å². The second-order valence-corrected chi connectivity index (χ2v) is 14.1. The number of piperazine rings is 1. The topological polar surface area (TPSA) is 69.2 Å². The summed E-state index contributed by atoms with van der Waals surface area (Å²) in [5, 5.41) is 0. The second kappa shape index (κ2) is 12.1. The Balaban J connectivity index is 1.36. The summed E-state index contributed by atoms with van der Waals surface area (Å²) in [5.74, 6) is -0.316. The van der Waals surface area contributed by atoms with E-state index in [1.165, 1.54) is 6.07 Å². The van der Waals surface area contributed by atoms with Gasteiger partial charge in [0.2, 0.25) is 5.91 Å². The molecule has 2 fully saturated rings. The lowest BCUT2D eigenvalue weighted by Crippen LogP contribution is -2.63. The Bertz CT molecular complexity index is 1350. The molecule has 0 saturated carbocycles. The van der Waals surface area contributed by atoms with Gasteiger partial charge in [-0.25, -0.2) is 13.6 Å². The van der Waals surface area contributed by atoms with Crippen LogP contribution in [0.3, 0.4) is 0 Å². The molecule has 0 unspecified atom stereocenters. The zero-order valence-corrected chi connectivity index (χ0v) is 26.3. The average molecular weight is 598 g/mol. The van der Waals surface area contributed by atoms with Gasteiger partial charge in [-0.15, -0.1) is 0 Å². The molecular formula is C33H45F2N5O3. The van der Waals surface area contributed by atoms with Gasteiger partial charge in [-0.3, -0.25) is 19.6 Å². The van der Waals surface area contributed by atoms with E-state index in [0.29, 0.717) is 57.7 Å². The highest BCUT2D eigenvalue weighted by Crippen LogP contribution is 2.40. The predicted molar refractivity (Wildman–Crippen MR) is 163 cm³/mol. The van der Waals surface area contributed by atoms with Crippen molar-refractivity contribution >= 4 is 17.7 Å². The van der Waals surface area contributed by atoms with Crippen LogP contribution in [-0.4, -0.2) is 101 Å². The number of fused-ring (bicyclic) bond motifs is 1. The first-order chi connectivity index (χ1) is 20.2. The molecule has 4 heterocycles. The van der Waals surface area contributed by atoms with Crippen molar-refractivity contribution < 1.29 is 23.1 Å². The fourth-order valence-corrected chi connectivity index (χ4v) is 6.52. The number of nitrogens with zero attached hydrogens (tertiary/aromatic N) is 5. The summed E-state index contributed by atoms with van der Waals surface area (Å²) in [4.78, 5) is 39.7. The molecule has 10 heteroatoms. The number of ether oxygens (including phenoxy) is 1. The summed E-state index contributed by atoms with van der Waals surface area (Å²) in [5.41, 5.74) is 2.08. The monoisotopic (exact) mass is 597 g/mol. The highest BCUT2D eigenvalue weighted by atomic mass is 19.1. The molecule has 0 radical (unpaired) electrons. The third-order valence-corrected chi connectivity index (χ3v) is 8.67. The van der Waals surface area contributed by atoms with Crippen LogP contribution in [0.15, 0.2) is 36.5 Å². The number of aromatic nitrogens is 1. The lowest BCUT2D eigenvalue weighted by Gasteiger charge is -2.46. The molecule has 3 aliphatic rings. The molecular weight excluding hydrogens is 552 g/mol. The van der Waals surface area contributed by atoms with Crippen LogP contribution < -0.4 is 4.90 Å². The van der Waals surface area contributed by atoms with E-state index in [4.69, 9.17) is 9.72 Å². The maximum Gasteiger partial charge on any atom is 0.410 e. The van der Waals surface area contributed by atoms with Crippen LogP contribution in [-0.2, 0) is 21.4 Å². The van der Waals surface area contributed by atoms with E-state index in [2.05, 4.69) is 23.6 Å². The van der Waals surface area contributed by atoms with Gasteiger partial charge in [-0.2, -0.15) is 0 Å². The van der Waals surface area contributed by atoms with Gasteiger partial charge in [0.05, 0.1) is 17.9 Å². The molecule has 8 nitrogen and oxygen atoms in total. The van der Waals surface area contributed by atoms with Crippen LogP contribution in [0.5, 0.6) is 0 Å². The lowest BCUT2D eigenvalue weighted by molar-refractivity contribution is -0.121. The van der Waals surface area contributed by atoms with Crippen LogP contribution >= 0.6 is 0 Å². The first kappa shape index (κ1) is 31.3. The number of hydrogen-bond acceptors (Lipinski definition) is 6. The van der Waals surface area contributed by atoms with Gasteiger partial charge >= 0.3 is 6.09 Å². The smallest absolute Gasteiger partial charge is 0.410 e. The summed E-state index contributed by atoms with van der Waals surface area (Å²) < 4.78 is 34.1. The van der Waals surface area contributed by atoms with Crippen molar-refractivity contribution in [3.8, 4) is 0 Å². The Kier molecular flexibility index (Phi) is 8.82. The zero-order chi connectivity index (χ0) is 31.1. The predicted octanol–water partition coefficient (Wildman–Crippen LogP) is 4.79. The molecule has 43 heavy (non-hydrogen) atoms. The summed E-state index contributed by atoms with van der Waals surface area (Å²) in [7, 11) is 0. The van der Waals surface area contributed by atoms with Crippen molar-refractivity contribution in [1.29, 1.82) is 0 Å². The Labute approximate surface area is 254 Å². The van der Waals surface area contributed by atoms with Crippen molar-refractivity contribution in [2.24, 2.45) is 0 Å². The number of alkyl halides is 1. The van der Waals surface area contributed by atoms with E-state index in [9.17, 15) is 18.4 Å². The average Bonchev–Trinajstić information content (AvgIpc) is 3.44. The quantitative estimate of drug-likeness (QED) is 0.477. The Morgan fingerprint density at radius 2 is 1.88 bits per heavy atom. The van der Waals surface area contributed by atoms with E-state index in [1.807, 2.05) is 44.7 Å². The molecule has 0 bridgehead atoms. The Morgan fingerprint density at radius 3 is 2.56 bits per heavy atom.